The summed E-state index contributed by atoms with van der Waals surface area (Å²) in [4.78, 5) is 14.3. The summed E-state index contributed by atoms with van der Waals surface area (Å²) < 4.78 is 5.46. The van der Waals surface area contributed by atoms with Crippen molar-refractivity contribution in [2.45, 2.75) is 25.9 Å². The molecule has 0 saturated carbocycles. The lowest BCUT2D eigenvalue weighted by molar-refractivity contribution is -0.121. The van der Waals surface area contributed by atoms with Gasteiger partial charge in [-0.3, -0.25) is 4.79 Å². The fourth-order valence-corrected chi connectivity index (χ4v) is 3.08. The maximum absolute atomic E-state index is 11.9. The van der Waals surface area contributed by atoms with E-state index in [1.807, 2.05) is 30.3 Å². The Bertz CT molecular complexity index is 565. The van der Waals surface area contributed by atoms with Gasteiger partial charge in [-0.15, -0.1) is 11.3 Å². The minimum atomic E-state index is -0.0654. The number of nitrogens with one attached hydrogen (secondary N) is 1. The lowest BCUT2D eigenvalue weighted by atomic mass is 10.1. The lowest BCUT2D eigenvalue weighted by Gasteiger charge is -2.14. The standard InChI is InChI=1S/C17H21NO2S/c1-13-8-10-16(21-13)15(20-2)12-18-17(19)11-9-14-6-4-3-5-7-14/h3-8,10,15H,9,11-12H2,1-2H3,(H,18,19)/t15-/m1/s1. The van der Waals surface area contributed by atoms with E-state index in [4.69, 9.17) is 4.74 Å². The van der Waals surface area contributed by atoms with Crippen molar-refractivity contribution in [3.05, 3.63) is 57.8 Å². The van der Waals surface area contributed by atoms with Crippen LogP contribution in [0.5, 0.6) is 0 Å². The molecule has 0 aliphatic carbocycles. The van der Waals surface area contributed by atoms with Crippen LogP contribution >= 0.6 is 11.3 Å². The van der Waals surface area contributed by atoms with Crippen LogP contribution in [0.2, 0.25) is 0 Å². The number of aryl methyl sites for hydroxylation is 2. The molecule has 2 aromatic rings. The molecule has 112 valence electrons. The Morgan fingerprint density at radius 1 is 1.24 bits per heavy atom. The van der Waals surface area contributed by atoms with Crippen molar-refractivity contribution < 1.29 is 9.53 Å². The van der Waals surface area contributed by atoms with Crippen molar-refractivity contribution in [3.8, 4) is 0 Å². The maximum Gasteiger partial charge on any atom is 0.220 e. The smallest absolute Gasteiger partial charge is 0.220 e. The Hall–Kier alpha value is -1.65. The first-order valence-electron chi connectivity index (χ1n) is 7.09. The minimum absolute atomic E-state index is 0.0641. The molecule has 1 amide bonds. The first-order chi connectivity index (χ1) is 10.2. The molecule has 2 rings (SSSR count). The third kappa shape index (κ3) is 4.99. The summed E-state index contributed by atoms with van der Waals surface area (Å²) in [6.07, 6.45) is 1.20. The molecule has 1 heterocycles. The van der Waals surface area contributed by atoms with Crippen LogP contribution in [0, 0.1) is 6.92 Å². The van der Waals surface area contributed by atoms with Gasteiger partial charge < -0.3 is 10.1 Å². The quantitative estimate of drug-likeness (QED) is 0.850. The Morgan fingerprint density at radius 2 is 2.00 bits per heavy atom. The van der Waals surface area contributed by atoms with E-state index in [0.29, 0.717) is 13.0 Å². The van der Waals surface area contributed by atoms with Gasteiger partial charge in [0.1, 0.15) is 6.10 Å². The second-order valence-electron chi connectivity index (χ2n) is 4.96. The molecule has 0 aliphatic heterocycles. The van der Waals surface area contributed by atoms with Gasteiger partial charge in [-0.1, -0.05) is 30.3 Å². The van der Waals surface area contributed by atoms with E-state index in [1.165, 1.54) is 10.4 Å². The number of hydrogen-bond acceptors (Lipinski definition) is 3. The predicted molar refractivity (Wildman–Crippen MR) is 86.6 cm³/mol. The van der Waals surface area contributed by atoms with Crippen molar-refractivity contribution in [1.29, 1.82) is 0 Å². The van der Waals surface area contributed by atoms with E-state index < -0.39 is 0 Å². The second kappa shape index (κ2) is 7.96. The van der Waals surface area contributed by atoms with E-state index in [1.54, 1.807) is 18.4 Å². The number of hydrogen-bond donors (Lipinski definition) is 1. The first-order valence-corrected chi connectivity index (χ1v) is 7.90. The van der Waals surface area contributed by atoms with Gasteiger partial charge in [-0.25, -0.2) is 0 Å². The highest BCUT2D eigenvalue weighted by Gasteiger charge is 2.13. The Balaban J connectivity index is 1.77. The number of ether oxygens (including phenoxy) is 1. The molecule has 0 unspecified atom stereocenters. The monoisotopic (exact) mass is 303 g/mol. The molecule has 1 atom stereocenters. The van der Waals surface area contributed by atoms with Crippen LogP contribution in [-0.4, -0.2) is 19.6 Å². The van der Waals surface area contributed by atoms with Gasteiger partial charge in [0.25, 0.3) is 0 Å². The Labute approximate surface area is 130 Å². The third-order valence-electron chi connectivity index (χ3n) is 3.33. The Morgan fingerprint density at radius 3 is 2.62 bits per heavy atom. The summed E-state index contributed by atoms with van der Waals surface area (Å²) in [6.45, 7) is 2.59. The normalized spacial score (nSPS) is 12.1. The van der Waals surface area contributed by atoms with Crippen LogP contribution in [0.1, 0.15) is 27.8 Å². The summed E-state index contributed by atoms with van der Waals surface area (Å²) in [5.41, 5.74) is 1.19. The fourth-order valence-electron chi connectivity index (χ4n) is 2.12. The van der Waals surface area contributed by atoms with Gasteiger partial charge in [-0.05, 0) is 31.0 Å². The van der Waals surface area contributed by atoms with Gasteiger partial charge >= 0.3 is 0 Å². The average Bonchev–Trinajstić information content (AvgIpc) is 2.93. The largest absolute Gasteiger partial charge is 0.374 e. The highest BCUT2D eigenvalue weighted by Crippen LogP contribution is 2.24. The van der Waals surface area contributed by atoms with E-state index in [9.17, 15) is 4.79 Å². The number of thiophene rings is 1. The molecule has 0 aliphatic rings. The van der Waals surface area contributed by atoms with Crippen molar-refractivity contribution in [1.82, 2.24) is 5.32 Å². The molecule has 0 bridgehead atoms. The van der Waals surface area contributed by atoms with Crippen molar-refractivity contribution >= 4 is 17.2 Å². The highest BCUT2D eigenvalue weighted by atomic mass is 32.1. The lowest BCUT2D eigenvalue weighted by Crippen LogP contribution is -2.29. The molecule has 1 aromatic heterocycles. The van der Waals surface area contributed by atoms with E-state index in [-0.39, 0.29) is 12.0 Å². The van der Waals surface area contributed by atoms with Gasteiger partial charge in [0, 0.05) is 29.8 Å². The predicted octanol–water partition coefficient (Wildman–Crippen LogP) is 3.49. The molecule has 3 nitrogen and oxygen atoms in total. The second-order valence-corrected chi connectivity index (χ2v) is 6.28. The molecular weight excluding hydrogens is 282 g/mol. The van der Waals surface area contributed by atoms with Crippen LogP contribution in [0.4, 0.5) is 0 Å². The summed E-state index contributed by atoms with van der Waals surface area (Å²) in [5, 5.41) is 2.95. The highest BCUT2D eigenvalue weighted by molar-refractivity contribution is 7.12. The van der Waals surface area contributed by atoms with Crippen molar-refractivity contribution in [2.24, 2.45) is 0 Å². The van der Waals surface area contributed by atoms with Crippen LogP contribution in [0.15, 0.2) is 42.5 Å². The summed E-state index contributed by atoms with van der Waals surface area (Å²) in [7, 11) is 1.68. The molecule has 4 heteroatoms. The van der Waals surface area contributed by atoms with Gasteiger partial charge in [0.15, 0.2) is 0 Å². The van der Waals surface area contributed by atoms with Gasteiger partial charge in [-0.2, -0.15) is 0 Å². The molecule has 21 heavy (non-hydrogen) atoms. The zero-order valence-electron chi connectivity index (χ0n) is 12.5. The average molecular weight is 303 g/mol. The summed E-state index contributed by atoms with van der Waals surface area (Å²) in [6, 6.07) is 14.2. The van der Waals surface area contributed by atoms with Crippen LogP contribution in [0.3, 0.4) is 0 Å². The van der Waals surface area contributed by atoms with E-state index in [0.717, 1.165) is 11.3 Å². The number of benzene rings is 1. The molecule has 1 N–H and O–H groups in total. The van der Waals surface area contributed by atoms with Crippen LogP contribution in [0.25, 0.3) is 0 Å². The summed E-state index contributed by atoms with van der Waals surface area (Å²) in [5.74, 6) is 0.0641. The molecule has 0 spiro atoms. The first kappa shape index (κ1) is 15.7. The zero-order valence-corrected chi connectivity index (χ0v) is 13.3. The van der Waals surface area contributed by atoms with E-state index >= 15 is 0 Å². The SMILES string of the molecule is CO[C@H](CNC(=O)CCc1ccccc1)c1ccc(C)s1. The van der Waals surface area contributed by atoms with Gasteiger partial charge in [0.05, 0.1) is 0 Å². The third-order valence-corrected chi connectivity index (χ3v) is 4.42. The van der Waals surface area contributed by atoms with E-state index in [2.05, 4.69) is 24.4 Å². The Kier molecular flexibility index (Phi) is 5.96. The molecule has 0 fully saturated rings. The molecule has 0 radical (unpaired) electrons. The number of carbonyl (C=O) groups is 1. The number of rotatable bonds is 7. The fraction of sp³-hybridized carbons (Fsp3) is 0.353. The minimum Gasteiger partial charge on any atom is -0.374 e. The zero-order chi connectivity index (χ0) is 15.1. The molecule has 0 saturated heterocycles. The number of carbonyl (C=O) groups excluding carboxylic acids is 1. The van der Waals surface area contributed by atoms with Crippen LogP contribution < -0.4 is 5.32 Å². The van der Waals surface area contributed by atoms with Crippen molar-refractivity contribution in [2.75, 3.05) is 13.7 Å². The summed E-state index contributed by atoms with van der Waals surface area (Å²) >= 11 is 1.71. The van der Waals surface area contributed by atoms with Crippen molar-refractivity contribution in [3.63, 3.8) is 0 Å². The maximum atomic E-state index is 11.9. The number of amides is 1. The molecule has 1 aromatic carbocycles. The topological polar surface area (TPSA) is 38.3 Å². The number of methoxy groups -OCH3 is 1. The van der Waals surface area contributed by atoms with Gasteiger partial charge in [0.2, 0.25) is 5.91 Å². The molecular formula is C17H21NO2S. The van der Waals surface area contributed by atoms with Crippen LogP contribution in [-0.2, 0) is 16.0 Å².